The Balaban J connectivity index is 1.62. The number of aromatic nitrogens is 6. The summed E-state index contributed by atoms with van der Waals surface area (Å²) in [5.74, 6) is 3.72. The average Bonchev–Trinajstić information content (AvgIpc) is 3.12. The second-order valence-corrected chi connectivity index (χ2v) is 8.92. The van der Waals surface area contributed by atoms with Gasteiger partial charge in [-0.25, -0.2) is 15.0 Å². The van der Waals surface area contributed by atoms with Gasteiger partial charge in [0.25, 0.3) is 5.78 Å². The lowest BCUT2D eigenvalue weighted by Gasteiger charge is -2.38. The van der Waals surface area contributed by atoms with Gasteiger partial charge in [0, 0.05) is 54.1 Å². The van der Waals surface area contributed by atoms with Crippen molar-refractivity contribution in [2.75, 3.05) is 36.0 Å². The zero-order valence-electron chi connectivity index (χ0n) is 18.5. The molecule has 1 aliphatic heterocycles. The van der Waals surface area contributed by atoms with Gasteiger partial charge < -0.3 is 9.80 Å². The van der Waals surface area contributed by atoms with Crippen molar-refractivity contribution in [3.05, 3.63) is 34.7 Å². The molecule has 8 heteroatoms. The molecular weight excluding hydrogens is 364 g/mol. The number of fused-ring (bicyclic) bond motifs is 1. The van der Waals surface area contributed by atoms with Crippen LogP contribution < -0.4 is 9.80 Å². The highest BCUT2D eigenvalue weighted by molar-refractivity contribution is 5.56. The average molecular weight is 395 g/mol. The normalized spacial score (nSPS) is 15.4. The van der Waals surface area contributed by atoms with Crippen molar-refractivity contribution in [1.82, 2.24) is 29.5 Å². The van der Waals surface area contributed by atoms with E-state index in [-0.39, 0.29) is 5.41 Å². The van der Waals surface area contributed by atoms with Crippen LogP contribution in [0.3, 0.4) is 0 Å². The van der Waals surface area contributed by atoms with Gasteiger partial charge in [-0.2, -0.15) is 14.6 Å². The monoisotopic (exact) mass is 394 g/mol. The van der Waals surface area contributed by atoms with Crippen LogP contribution in [0, 0.1) is 27.7 Å². The summed E-state index contributed by atoms with van der Waals surface area (Å²) in [6.07, 6.45) is 1.57. The molecule has 29 heavy (non-hydrogen) atoms. The first-order valence-electron chi connectivity index (χ1n) is 10.2. The summed E-state index contributed by atoms with van der Waals surface area (Å²) >= 11 is 0. The van der Waals surface area contributed by atoms with E-state index >= 15 is 0 Å². The summed E-state index contributed by atoms with van der Waals surface area (Å²) in [6.45, 7) is 18.4. The Morgan fingerprint density at radius 3 is 2.07 bits per heavy atom. The fourth-order valence-electron chi connectivity index (χ4n) is 3.77. The van der Waals surface area contributed by atoms with Gasteiger partial charge in [0.2, 0.25) is 0 Å². The van der Waals surface area contributed by atoms with Gasteiger partial charge in [-0.1, -0.05) is 20.8 Å². The topological polar surface area (TPSA) is 75.3 Å². The molecule has 1 aliphatic rings. The third-order valence-corrected chi connectivity index (χ3v) is 5.79. The fraction of sp³-hybridized carbons (Fsp3) is 0.571. The number of aryl methyl sites for hydroxylation is 2. The molecule has 1 fully saturated rings. The first-order chi connectivity index (χ1) is 13.7. The molecule has 0 unspecified atom stereocenters. The molecule has 4 rings (SSSR count). The van der Waals surface area contributed by atoms with Gasteiger partial charge in [-0.05, 0) is 27.7 Å². The van der Waals surface area contributed by atoms with E-state index < -0.39 is 0 Å². The molecule has 0 spiro atoms. The Hall–Kier alpha value is -2.77. The fourth-order valence-corrected chi connectivity index (χ4v) is 3.77. The summed E-state index contributed by atoms with van der Waals surface area (Å²) < 4.78 is 1.86. The van der Waals surface area contributed by atoms with Gasteiger partial charge >= 0.3 is 0 Å². The molecule has 0 saturated carbocycles. The predicted molar refractivity (Wildman–Crippen MR) is 115 cm³/mol. The molecule has 8 nitrogen and oxygen atoms in total. The Bertz CT molecular complexity index is 1050. The Morgan fingerprint density at radius 2 is 1.41 bits per heavy atom. The number of nitrogens with zero attached hydrogens (tertiary/aromatic N) is 8. The van der Waals surface area contributed by atoms with E-state index in [9.17, 15) is 0 Å². The molecule has 1 saturated heterocycles. The van der Waals surface area contributed by atoms with Crippen LogP contribution in [0.1, 0.15) is 49.1 Å². The summed E-state index contributed by atoms with van der Waals surface area (Å²) in [7, 11) is 0. The van der Waals surface area contributed by atoms with E-state index in [0.717, 1.165) is 60.6 Å². The van der Waals surface area contributed by atoms with Crippen LogP contribution in [0.5, 0.6) is 0 Å². The molecular formula is C21H30N8. The van der Waals surface area contributed by atoms with E-state index in [2.05, 4.69) is 66.4 Å². The molecule has 0 amide bonds. The minimum Gasteiger partial charge on any atom is -0.353 e. The van der Waals surface area contributed by atoms with Crippen LogP contribution in [0.4, 0.5) is 11.6 Å². The molecule has 0 bridgehead atoms. The lowest BCUT2D eigenvalue weighted by Crippen LogP contribution is -2.48. The largest absolute Gasteiger partial charge is 0.353 e. The van der Waals surface area contributed by atoms with E-state index in [4.69, 9.17) is 9.97 Å². The zero-order valence-corrected chi connectivity index (χ0v) is 18.5. The van der Waals surface area contributed by atoms with Crippen molar-refractivity contribution in [3.8, 4) is 0 Å². The second kappa shape index (κ2) is 6.93. The maximum Gasteiger partial charge on any atom is 0.254 e. The molecule has 3 aromatic heterocycles. The second-order valence-electron chi connectivity index (χ2n) is 8.92. The minimum atomic E-state index is -0.0700. The van der Waals surface area contributed by atoms with Gasteiger partial charge in [0.05, 0.1) is 0 Å². The van der Waals surface area contributed by atoms with E-state index in [1.54, 1.807) is 6.33 Å². The van der Waals surface area contributed by atoms with Crippen LogP contribution >= 0.6 is 0 Å². The van der Waals surface area contributed by atoms with Crippen LogP contribution in [0.15, 0.2) is 6.33 Å². The van der Waals surface area contributed by atoms with Crippen molar-refractivity contribution in [2.45, 2.75) is 53.9 Å². The minimum absolute atomic E-state index is 0.0700. The molecule has 3 aromatic rings. The molecule has 0 aliphatic carbocycles. The van der Waals surface area contributed by atoms with Crippen molar-refractivity contribution in [1.29, 1.82) is 0 Å². The summed E-state index contributed by atoms with van der Waals surface area (Å²) in [4.78, 5) is 23.3. The van der Waals surface area contributed by atoms with Crippen LogP contribution in [-0.2, 0) is 5.41 Å². The van der Waals surface area contributed by atoms with Crippen molar-refractivity contribution in [2.24, 2.45) is 0 Å². The lowest BCUT2D eigenvalue weighted by molar-refractivity contribution is 0.538. The predicted octanol–water partition coefficient (Wildman–Crippen LogP) is 2.77. The summed E-state index contributed by atoms with van der Waals surface area (Å²) in [5.41, 5.74) is 4.31. The number of hydrogen-bond acceptors (Lipinski definition) is 7. The molecule has 154 valence electrons. The molecule has 0 N–H and O–H groups in total. The lowest BCUT2D eigenvalue weighted by atomic mass is 9.95. The zero-order chi connectivity index (χ0) is 20.9. The summed E-state index contributed by atoms with van der Waals surface area (Å²) in [6, 6.07) is 0. The van der Waals surface area contributed by atoms with Crippen molar-refractivity contribution < 1.29 is 0 Å². The van der Waals surface area contributed by atoms with Crippen LogP contribution in [0.25, 0.3) is 5.78 Å². The Morgan fingerprint density at radius 1 is 0.793 bits per heavy atom. The molecule has 0 radical (unpaired) electrons. The summed E-state index contributed by atoms with van der Waals surface area (Å²) in [5, 5.41) is 4.40. The molecule has 4 heterocycles. The maximum atomic E-state index is 4.96. The van der Waals surface area contributed by atoms with Crippen LogP contribution in [-0.4, -0.2) is 55.7 Å². The molecule has 0 atom stereocenters. The van der Waals surface area contributed by atoms with Crippen molar-refractivity contribution >= 4 is 17.4 Å². The van der Waals surface area contributed by atoms with Gasteiger partial charge in [-0.3, -0.25) is 0 Å². The quantitative estimate of drug-likeness (QED) is 0.661. The van der Waals surface area contributed by atoms with Gasteiger partial charge in [-0.15, -0.1) is 0 Å². The third kappa shape index (κ3) is 3.41. The number of rotatable bonds is 2. The SMILES string of the molecule is Cc1nc(C(C)(C)C)nc(N2CCN(c3c(C)c(C)nc4ncnn34)CC2)c1C. The third-order valence-electron chi connectivity index (χ3n) is 5.79. The van der Waals surface area contributed by atoms with Gasteiger partial charge in [0.15, 0.2) is 0 Å². The van der Waals surface area contributed by atoms with E-state index in [1.165, 1.54) is 5.56 Å². The van der Waals surface area contributed by atoms with E-state index in [1.807, 2.05) is 11.4 Å². The highest BCUT2D eigenvalue weighted by Crippen LogP contribution is 2.28. The first kappa shape index (κ1) is 19.5. The number of hydrogen-bond donors (Lipinski definition) is 0. The molecule has 0 aromatic carbocycles. The first-order valence-corrected chi connectivity index (χ1v) is 10.2. The highest BCUT2D eigenvalue weighted by atomic mass is 15.4. The van der Waals surface area contributed by atoms with E-state index in [0.29, 0.717) is 5.78 Å². The maximum absolute atomic E-state index is 4.96. The number of piperazine rings is 1. The highest BCUT2D eigenvalue weighted by Gasteiger charge is 2.26. The Labute approximate surface area is 172 Å². The number of anilines is 2. The van der Waals surface area contributed by atoms with Gasteiger partial charge in [0.1, 0.15) is 23.8 Å². The Kier molecular flexibility index (Phi) is 4.67. The smallest absolute Gasteiger partial charge is 0.254 e. The van der Waals surface area contributed by atoms with Crippen LogP contribution in [0.2, 0.25) is 0 Å². The van der Waals surface area contributed by atoms with Crippen molar-refractivity contribution in [3.63, 3.8) is 0 Å². The standard InChI is InChI=1S/C21H30N8/c1-13-15(3)24-19(21(5,6)7)26-17(13)27-8-10-28(11-9-27)18-14(2)16(4)25-20-22-12-23-29(18)20/h12H,8-11H2,1-7H3.